The molecule has 0 spiro atoms. The molecule has 3 heterocycles. The average molecular weight is 592 g/mol. The van der Waals surface area contributed by atoms with E-state index in [1.807, 2.05) is 12.1 Å². The van der Waals surface area contributed by atoms with Gasteiger partial charge in [0.2, 0.25) is 5.91 Å². The Labute approximate surface area is 249 Å². The van der Waals surface area contributed by atoms with Gasteiger partial charge in [0.25, 0.3) is 0 Å². The number of nitrogens with zero attached hydrogens (tertiary/aromatic N) is 5. The van der Waals surface area contributed by atoms with Gasteiger partial charge in [-0.05, 0) is 50.1 Å². The Morgan fingerprint density at radius 1 is 1.12 bits per heavy atom. The number of hydrogen-bond donors (Lipinski definition) is 2. The van der Waals surface area contributed by atoms with Crippen molar-refractivity contribution in [1.82, 2.24) is 14.9 Å². The second-order valence-electron chi connectivity index (χ2n) is 11.0. The normalized spacial score (nSPS) is 20.7. The van der Waals surface area contributed by atoms with Crippen LogP contribution in [-0.2, 0) is 9.63 Å². The highest BCUT2D eigenvalue weighted by Gasteiger charge is 2.35. The number of halogens is 2. The van der Waals surface area contributed by atoms with Crippen LogP contribution >= 0.6 is 0 Å². The number of methoxy groups -OCH3 is 1. The van der Waals surface area contributed by atoms with Gasteiger partial charge in [0, 0.05) is 55.8 Å². The molecule has 1 aromatic heterocycles. The number of ether oxygens (including phenoxy) is 1. The van der Waals surface area contributed by atoms with Crippen molar-refractivity contribution in [2.45, 2.75) is 44.3 Å². The molecular weight excluding hydrogens is 556 g/mol. The molecule has 6 rings (SSSR count). The highest BCUT2D eigenvalue weighted by atomic mass is 19.1. The van der Waals surface area contributed by atoms with E-state index in [-0.39, 0.29) is 17.5 Å². The molecule has 1 saturated carbocycles. The molecule has 0 radical (unpaired) electrons. The van der Waals surface area contributed by atoms with Crippen molar-refractivity contribution in [2.75, 3.05) is 53.9 Å². The number of aromatic nitrogens is 2. The van der Waals surface area contributed by atoms with Gasteiger partial charge in [-0.15, -0.1) is 0 Å². The summed E-state index contributed by atoms with van der Waals surface area (Å²) in [5, 5.41) is 7.70. The predicted molar refractivity (Wildman–Crippen MR) is 161 cm³/mol. The van der Waals surface area contributed by atoms with E-state index in [4.69, 9.17) is 9.57 Å². The highest BCUT2D eigenvalue weighted by Crippen LogP contribution is 2.41. The summed E-state index contributed by atoms with van der Waals surface area (Å²) in [7, 11) is 1.59. The smallest absolute Gasteiger partial charge is 0.247 e. The number of hydrogen-bond acceptors (Lipinski definition) is 9. The Balaban J connectivity index is 1.29. The van der Waals surface area contributed by atoms with Gasteiger partial charge >= 0.3 is 0 Å². The van der Waals surface area contributed by atoms with E-state index in [2.05, 4.69) is 43.9 Å². The number of piperazine rings is 1. The van der Waals surface area contributed by atoms with Crippen LogP contribution in [0.3, 0.4) is 0 Å². The van der Waals surface area contributed by atoms with Crippen molar-refractivity contribution in [2.24, 2.45) is 0 Å². The predicted octanol–water partition coefficient (Wildman–Crippen LogP) is 5.19. The first-order valence-electron chi connectivity index (χ1n) is 14.5. The molecule has 12 heteroatoms. The number of carbonyl (C=O) groups is 1. The van der Waals surface area contributed by atoms with Crippen LogP contribution in [0.2, 0.25) is 0 Å². The number of carbonyl (C=O) groups excluding carboxylic acids is 1. The molecule has 3 fully saturated rings. The van der Waals surface area contributed by atoms with Crippen molar-refractivity contribution in [3.63, 3.8) is 0 Å². The first-order chi connectivity index (χ1) is 20.8. The van der Waals surface area contributed by atoms with Crippen LogP contribution in [0, 0.1) is 11.6 Å². The summed E-state index contributed by atoms with van der Waals surface area (Å²) >= 11 is 0. The molecule has 2 aromatic carbocycles. The zero-order valence-corrected chi connectivity index (χ0v) is 24.2. The second kappa shape index (κ2) is 12.1. The summed E-state index contributed by atoms with van der Waals surface area (Å²) < 4.78 is 34.3. The summed E-state index contributed by atoms with van der Waals surface area (Å²) in [6, 6.07) is 9.13. The first kappa shape index (κ1) is 28.8. The molecule has 2 saturated heterocycles. The van der Waals surface area contributed by atoms with Gasteiger partial charge in [-0.3, -0.25) is 14.5 Å². The van der Waals surface area contributed by atoms with E-state index in [0.29, 0.717) is 47.8 Å². The Morgan fingerprint density at radius 3 is 2.70 bits per heavy atom. The number of benzene rings is 2. The molecule has 0 bridgehead atoms. The van der Waals surface area contributed by atoms with Crippen molar-refractivity contribution in [3.05, 3.63) is 72.6 Å². The van der Waals surface area contributed by atoms with E-state index in [1.54, 1.807) is 13.2 Å². The van der Waals surface area contributed by atoms with E-state index < -0.39 is 17.7 Å². The summed E-state index contributed by atoms with van der Waals surface area (Å²) in [6.45, 7) is 8.85. The van der Waals surface area contributed by atoms with Gasteiger partial charge in [0.15, 0.2) is 5.82 Å². The van der Waals surface area contributed by atoms with Gasteiger partial charge in [0.1, 0.15) is 29.5 Å². The van der Waals surface area contributed by atoms with E-state index in [0.717, 1.165) is 37.5 Å². The lowest BCUT2D eigenvalue weighted by atomic mass is 10.0. The van der Waals surface area contributed by atoms with Gasteiger partial charge < -0.3 is 20.3 Å². The molecule has 1 aliphatic carbocycles. The molecule has 43 heavy (non-hydrogen) atoms. The SMILES string of the molecule is C=CC(=O)Nc1cc(Nc2cc(N3OCCC3c3cc(F)ccc3F)ncn2)c(OC)cc1N1CCN(C2CC2)CC1C. The van der Waals surface area contributed by atoms with E-state index in [1.165, 1.54) is 36.4 Å². The Morgan fingerprint density at radius 2 is 1.95 bits per heavy atom. The molecule has 10 nitrogen and oxygen atoms in total. The fourth-order valence-electron chi connectivity index (χ4n) is 5.89. The fourth-order valence-corrected chi connectivity index (χ4v) is 5.89. The van der Waals surface area contributed by atoms with Crippen LogP contribution < -0.4 is 25.3 Å². The van der Waals surface area contributed by atoms with Crippen LogP contribution in [0.15, 0.2) is 55.4 Å². The standard InChI is InChI=1S/C31H35F2N7O3/c1-4-31(41)37-24-14-25(28(42-3)15-27(24)39-11-10-38(17-19(39)2)21-6-7-21)36-29-16-30(35-18-34-29)40-26(9-12-43-40)22-13-20(32)5-8-23(22)33/h4-5,8,13-16,18-19,21,26H,1,6-7,9-12,17H2,2-3H3,(H,37,41)(H,34,35,36). The number of hydroxylamine groups is 1. The summed E-state index contributed by atoms with van der Waals surface area (Å²) in [5.41, 5.74) is 2.22. The van der Waals surface area contributed by atoms with Crippen molar-refractivity contribution in [1.29, 1.82) is 0 Å². The van der Waals surface area contributed by atoms with Gasteiger partial charge in [-0.1, -0.05) is 6.58 Å². The lowest BCUT2D eigenvalue weighted by molar-refractivity contribution is -0.111. The molecule has 3 aliphatic rings. The monoisotopic (exact) mass is 591 g/mol. The highest BCUT2D eigenvalue weighted by molar-refractivity contribution is 6.02. The van der Waals surface area contributed by atoms with Crippen molar-refractivity contribution < 1.29 is 23.1 Å². The Bertz CT molecular complexity index is 1520. The zero-order valence-electron chi connectivity index (χ0n) is 24.2. The molecule has 2 unspecified atom stereocenters. The minimum atomic E-state index is -0.560. The number of anilines is 5. The maximum atomic E-state index is 14.6. The number of amides is 1. The summed E-state index contributed by atoms with van der Waals surface area (Å²) in [4.78, 5) is 31.8. The first-order valence-corrected chi connectivity index (χ1v) is 14.5. The zero-order chi connectivity index (χ0) is 30.1. The minimum absolute atomic E-state index is 0.192. The van der Waals surface area contributed by atoms with Crippen molar-refractivity contribution in [3.8, 4) is 5.75 Å². The molecule has 2 atom stereocenters. The van der Waals surface area contributed by atoms with Gasteiger partial charge in [-0.25, -0.2) is 23.8 Å². The third-order valence-corrected chi connectivity index (χ3v) is 8.16. The van der Waals surface area contributed by atoms with Crippen LogP contribution in [0.25, 0.3) is 0 Å². The topological polar surface area (TPSA) is 95.1 Å². The molecule has 1 amide bonds. The third kappa shape index (κ3) is 6.11. The maximum absolute atomic E-state index is 14.6. The maximum Gasteiger partial charge on any atom is 0.247 e. The molecule has 2 aliphatic heterocycles. The van der Waals surface area contributed by atoms with E-state index in [9.17, 15) is 13.6 Å². The molecular formula is C31H35F2N7O3. The molecule has 2 N–H and O–H groups in total. The largest absolute Gasteiger partial charge is 0.494 e. The Kier molecular flexibility index (Phi) is 8.13. The number of nitrogens with one attached hydrogen (secondary N) is 2. The second-order valence-corrected chi connectivity index (χ2v) is 11.0. The summed E-state index contributed by atoms with van der Waals surface area (Å²) in [6.07, 6.45) is 5.58. The van der Waals surface area contributed by atoms with Crippen LogP contribution in [-0.4, -0.2) is 66.2 Å². The minimum Gasteiger partial charge on any atom is -0.494 e. The van der Waals surface area contributed by atoms with Crippen molar-refractivity contribution >= 4 is 34.6 Å². The van der Waals surface area contributed by atoms with Crippen LogP contribution in [0.1, 0.15) is 37.8 Å². The summed E-state index contributed by atoms with van der Waals surface area (Å²) in [5.74, 6) is -0.0217. The molecule has 226 valence electrons. The average Bonchev–Trinajstić information content (AvgIpc) is 3.75. The molecule has 3 aromatic rings. The lowest BCUT2D eigenvalue weighted by Gasteiger charge is -2.42. The van der Waals surface area contributed by atoms with Gasteiger partial charge in [0.05, 0.1) is 36.8 Å². The van der Waals surface area contributed by atoms with Gasteiger partial charge in [-0.2, -0.15) is 0 Å². The van der Waals surface area contributed by atoms with Crippen LogP contribution in [0.5, 0.6) is 5.75 Å². The van der Waals surface area contributed by atoms with E-state index >= 15 is 0 Å². The quantitative estimate of drug-likeness (QED) is 0.326. The fraction of sp³-hybridized carbons (Fsp3) is 0.387. The number of rotatable bonds is 9. The third-order valence-electron chi connectivity index (χ3n) is 8.16. The lowest BCUT2D eigenvalue weighted by Crippen LogP contribution is -2.52. The van der Waals surface area contributed by atoms with Crippen LogP contribution in [0.4, 0.5) is 37.5 Å². The Hall–Kier alpha value is -4.29.